The van der Waals surface area contributed by atoms with Crippen molar-refractivity contribution in [3.05, 3.63) is 22.7 Å². The molecule has 1 aromatic heterocycles. The minimum atomic E-state index is 0.195. The van der Waals surface area contributed by atoms with Gasteiger partial charge in [0.25, 0.3) is 0 Å². The van der Waals surface area contributed by atoms with E-state index in [0.29, 0.717) is 16.2 Å². The molecule has 1 heterocycles. The lowest BCUT2D eigenvalue weighted by atomic mass is 10.2. The first-order chi connectivity index (χ1) is 6.65. The number of nitrogens with two attached hydrogens (primary N) is 1. The lowest BCUT2D eigenvalue weighted by molar-refractivity contribution is 1.15. The second kappa shape index (κ2) is 3.99. The van der Waals surface area contributed by atoms with Crippen molar-refractivity contribution in [2.45, 2.75) is 11.8 Å². The lowest BCUT2D eigenvalue weighted by Gasteiger charge is -2.07. The number of nitrogen functional groups attached to an aromatic ring is 1. The van der Waals surface area contributed by atoms with Crippen LogP contribution in [0.4, 0.5) is 11.5 Å². The van der Waals surface area contributed by atoms with Crippen LogP contribution in [0.3, 0.4) is 0 Å². The van der Waals surface area contributed by atoms with Crippen molar-refractivity contribution in [2.24, 2.45) is 0 Å². The molecule has 2 N–H and O–H groups in total. The van der Waals surface area contributed by atoms with Gasteiger partial charge in [0.05, 0.1) is 17.8 Å². The molecule has 0 aliphatic heterocycles. The molecule has 0 aliphatic carbocycles. The van der Waals surface area contributed by atoms with Crippen molar-refractivity contribution in [3.63, 3.8) is 0 Å². The quantitative estimate of drug-likeness (QED) is 0.562. The zero-order valence-electron chi connectivity index (χ0n) is 7.83. The van der Waals surface area contributed by atoms with E-state index in [9.17, 15) is 0 Å². The Kier molecular flexibility index (Phi) is 2.95. The van der Waals surface area contributed by atoms with Gasteiger partial charge in [0, 0.05) is 4.90 Å². The van der Waals surface area contributed by atoms with E-state index in [1.54, 1.807) is 6.92 Å². The maximum atomic E-state index is 8.89. The summed E-state index contributed by atoms with van der Waals surface area (Å²) < 4.78 is 0. The van der Waals surface area contributed by atoms with E-state index in [1.165, 1.54) is 11.8 Å². The fourth-order valence-corrected chi connectivity index (χ4v) is 1.87. The highest BCUT2D eigenvalue weighted by Crippen LogP contribution is 2.36. The molecular weight excluding hydrogens is 196 g/mol. The molecule has 14 heavy (non-hydrogen) atoms. The molecule has 0 bridgehead atoms. The topological polar surface area (TPSA) is 67.1 Å². The van der Waals surface area contributed by atoms with Gasteiger partial charge in [-0.25, -0.2) is 9.83 Å². The van der Waals surface area contributed by atoms with Gasteiger partial charge in [-0.1, -0.05) is 0 Å². The largest absolute Gasteiger partial charge is 0.392 e. The third-order valence-corrected chi connectivity index (χ3v) is 2.57. The predicted molar refractivity (Wildman–Crippen MR) is 56.1 cm³/mol. The van der Waals surface area contributed by atoms with E-state index in [1.807, 2.05) is 12.3 Å². The number of nitrogens with zero attached hydrogens (tertiary/aromatic N) is 3. The maximum Gasteiger partial charge on any atom is 0.242 e. The summed E-state index contributed by atoms with van der Waals surface area (Å²) in [5, 5.41) is 8.89. The summed E-state index contributed by atoms with van der Waals surface area (Å²) in [6, 6.07) is 2.03. The van der Waals surface area contributed by atoms with Crippen LogP contribution in [0.2, 0.25) is 0 Å². The number of hydrogen-bond acceptors (Lipinski definition) is 4. The van der Waals surface area contributed by atoms with E-state index in [0.717, 1.165) is 0 Å². The highest BCUT2D eigenvalue weighted by atomic mass is 32.2. The van der Waals surface area contributed by atoms with E-state index >= 15 is 0 Å². The Hall–Kier alpha value is -1.72. The molecule has 1 rings (SSSR count). The Balaban J connectivity index is 3.64. The van der Waals surface area contributed by atoms with Crippen molar-refractivity contribution in [1.82, 2.24) is 4.98 Å². The van der Waals surface area contributed by atoms with Gasteiger partial charge in [-0.15, -0.1) is 11.8 Å². The highest BCUT2D eigenvalue weighted by Gasteiger charge is 2.15. The van der Waals surface area contributed by atoms with Gasteiger partial charge in [0.2, 0.25) is 5.69 Å². The minimum Gasteiger partial charge on any atom is -0.392 e. The third-order valence-electron chi connectivity index (χ3n) is 1.76. The van der Waals surface area contributed by atoms with E-state index in [-0.39, 0.29) is 11.5 Å². The molecule has 0 fully saturated rings. The standard InChI is InChI=1S/C9H8N4S/c1-5-6(4-10)8(14-3)7(12-2)9(11)13-5/h1,3H3,(H2,11,13). The summed E-state index contributed by atoms with van der Waals surface area (Å²) >= 11 is 1.34. The number of anilines is 1. The van der Waals surface area contributed by atoms with Crippen LogP contribution in [0.25, 0.3) is 4.85 Å². The van der Waals surface area contributed by atoms with Crippen molar-refractivity contribution in [3.8, 4) is 6.07 Å². The van der Waals surface area contributed by atoms with Gasteiger partial charge in [0.15, 0.2) is 0 Å². The average molecular weight is 204 g/mol. The van der Waals surface area contributed by atoms with E-state index < -0.39 is 0 Å². The number of hydrogen-bond donors (Lipinski definition) is 1. The molecule has 1 aromatic rings. The Bertz CT molecular complexity index is 415. The van der Waals surface area contributed by atoms with Crippen LogP contribution in [-0.2, 0) is 0 Å². The molecule has 0 saturated heterocycles. The Morgan fingerprint density at radius 3 is 2.71 bits per heavy atom. The number of pyridine rings is 1. The fraction of sp³-hybridized carbons (Fsp3) is 0.222. The number of aromatic nitrogens is 1. The first-order valence-electron chi connectivity index (χ1n) is 3.77. The molecule has 0 unspecified atom stereocenters. The molecule has 0 spiro atoms. The molecule has 0 saturated carbocycles. The zero-order chi connectivity index (χ0) is 10.7. The van der Waals surface area contributed by atoms with Crippen LogP contribution in [0, 0.1) is 24.8 Å². The highest BCUT2D eigenvalue weighted by molar-refractivity contribution is 7.98. The van der Waals surface area contributed by atoms with Crippen molar-refractivity contribution in [2.75, 3.05) is 12.0 Å². The molecular formula is C9H8N4S. The second-order valence-electron chi connectivity index (χ2n) is 2.56. The third kappa shape index (κ3) is 1.50. The normalized spacial score (nSPS) is 9.14. The van der Waals surface area contributed by atoms with Crippen LogP contribution in [0.15, 0.2) is 4.90 Å². The second-order valence-corrected chi connectivity index (χ2v) is 3.38. The fourth-order valence-electron chi connectivity index (χ4n) is 1.13. The van der Waals surface area contributed by atoms with Gasteiger partial charge in [-0.3, -0.25) is 0 Å². The zero-order valence-corrected chi connectivity index (χ0v) is 8.64. The van der Waals surface area contributed by atoms with Gasteiger partial charge < -0.3 is 5.73 Å². The summed E-state index contributed by atoms with van der Waals surface area (Å²) in [6.07, 6.45) is 1.81. The summed E-state index contributed by atoms with van der Waals surface area (Å²) in [4.78, 5) is 7.85. The molecule has 0 aromatic carbocycles. The van der Waals surface area contributed by atoms with Crippen LogP contribution in [0.1, 0.15) is 11.3 Å². The first-order valence-corrected chi connectivity index (χ1v) is 4.99. The van der Waals surface area contributed by atoms with Gasteiger partial charge >= 0.3 is 0 Å². The van der Waals surface area contributed by atoms with Crippen molar-refractivity contribution >= 4 is 23.3 Å². The minimum absolute atomic E-state index is 0.195. The van der Waals surface area contributed by atoms with Crippen molar-refractivity contribution < 1.29 is 0 Å². The maximum absolute atomic E-state index is 8.89. The Morgan fingerprint density at radius 1 is 1.64 bits per heavy atom. The molecule has 0 atom stereocenters. The van der Waals surface area contributed by atoms with Crippen LogP contribution in [0.5, 0.6) is 0 Å². The van der Waals surface area contributed by atoms with E-state index in [4.69, 9.17) is 17.6 Å². The molecule has 70 valence electrons. The number of thioether (sulfide) groups is 1. The smallest absolute Gasteiger partial charge is 0.242 e. The number of rotatable bonds is 1. The summed E-state index contributed by atoms with van der Waals surface area (Å²) in [7, 11) is 0. The van der Waals surface area contributed by atoms with Gasteiger partial charge in [-0.2, -0.15) is 5.26 Å². The van der Waals surface area contributed by atoms with Crippen molar-refractivity contribution in [1.29, 1.82) is 5.26 Å². The summed E-state index contributed by atoms with van der Waals surface area (Å²) in [5.74, 6) is 0.195. The predicted octanol–water partition coefficient (Wildman–Crippen LogP) is 2.12. The molecule has 4 nitrogen and oxygen atoms in total. The SMILES string of the molecule is [C-]#[N+]c1c(N)nc(C)c(C#N)c1SC. The molecule has 0 aliphatic rings. The number of aryl methyl sites for hydroxylation is 1. The monoisotopic (exact) mass is 204 g/mol. The lowest BCUT2D eigenvalue weighted by Crippen LogP contribution is -1.98. The molecule has 5 heteroatoms. The van der Waals surface area contributed by atoms with Gasteiger partial charge in [-0.05, 0) is 13.2 Å². The van der Waals surface area contributed by atoms with Crippen LogP contribution < -0.4 is 5.73 Å². The summed E-state index contributed by atoms with van der Waals surface area (Å²) in [6.45, 7) is 8.66. The first kappa shape index (κ1) is 10.4. The number of nitriles is 1. The summed E-state index contributed by atoms with van der Waals surface area (Å²) in [5.41, 5.74) is 6.88. The van der Waals surface area contributed by atoms with Gasteiger partial charge in [0.1, 0.15) is 11.9 Å². The average Bonchev–Trinajstić information content (AvgIpc) is 2.16. The molecule has 0 amide bonds. The van der Waals surface area contributed by atoms with Crippen LogP contribution in [-0.4, -0.2) is 11.2 Å². The van der Waals surface area contributed by atoms with Crippen LogP contribution >= 0.6 is 11.8 Å². The molecule has 0 radical (unpaired) electrons. The Labute approximate surface area is 86.6 Å². The van der Waals surface area contributed by atoms with E-state index in [2.05, 4.69) is 9.83 Å². The Morgan fingerprint density at radius 2 is 2.29 bits per heavy atom.